The van der Waals surface area contributed by atoms with Crippen molar-refractivity contribution in [2.75, 3.05) is 13.7 Å². The Bertz CT molecular complexity index is 258. The number of hydrogen-bond donors (Lipinski definition) is 1. The smallest absolute Gasteiger partial charge is 0.325 e. The first-order valence-electron chi connectivity index (χ1n) is 6.61. The number of nitrogens with one attached hydrogen (secondary N) is 1. The van der Waals surface area contributed by atoms with Crippen LogP contribution in [0.25, 0.3) is 0 Å². The highest BCUT2D eigenvalue weighted by Crippen LogP contribution is 2.17. The average molecular weight is 259 g/mol. The first kappa shape index (κ1) is 17.4. The molecule has 0 rings (SSSR count). The molecule has 0 radical (unpaired) electrons. The van der Waals surface area contributed by atoms with Crippen LogP contribution < -0.4 is 5.32 Å². The molecule has 0 heterocycles. The van der Waals surface area contributed by atoms with Crippen molar-refractivity contribution in [2.45, 2.75) is 71.6 Å². The summed E-state index contributed by atoms with van der Waals surface area (Å²) in [7, 11) is 1.42. The van der Waals surface area contributed by atoms with Gasteiger partial charge in [-0.05, 0) is 54.4 Å². The lowest BCUT2D eigenvalue weighted by molar-refractivity contribution is -0.148. The quantitative estimate of drug-likeness (QED) is 0.564. The van der Waals surface area contributed by atoms with Gasteiger partial charge in [0.15, 0.2) is 0 Å². The zero-order valence-electron chi connectivity index (χ0n) is 12.9. The van der Waals surface area contributed by atoms with E-state index in [9.17, 15) is 4.79 Å². The average Bonchev–Trinajstić information content (AvgIpc) is 2.21. The second-order valence-corrected chi connectivity index (χ2v) is 6.19. The maximum atomic E-state index is 11.8. The van der Waals surface area contributed by atoms with Crippen molar-refractivity contribution in [1.29, 1.82) is 0 Å². The summed E-state index contributed by atoms with van der Waals surface area (Å²) in [6.07, 6.45) is 1.52. The molecule has 0 amide bonds. The van der Waals surface area contributed by atoms with E-state index in [2.05, 4.69) is 5.32 Å². The van der Waals surface area contributed by atoms with Gasteiger partial charge in [-0.2, -0.15) is 0 Å². The van der Waals surface area contributed by atoms with Crippen molar-refractivity contribution < 1.29 is 14.3 Å². The largest absolute Gasteiger partial charge is 0.468 e. The van der Waals surface area contributed by atoms with Gasteiger partial charge in [0.1, 0.15) is 5.54 Å². The highest BCUT2D eigenvalue weighted by molar-refractivity contribution is 5.80. The molecule has 0 aromatic rings. The van der Waals surface area contributed by atoms with Crippen molar-refractivity contribution in [1.82, 2.24) is 5.32 Å². The van der Waals surface area contributed by atoms with Crippen LogP contribution in [0.4, 0.5) is 0 Å². The number of carbonyl (C=O) groups excluding carboxylic acids is 1. The number of methoxy groups -OCH3 is 1. The number of carbonyl (C=O) groups is 1. The van der Waals surface area contributed by atoms with Gasteiger partial charge in [0.2, 0.25) is 0 Å². The van der Waals surface area contributed by atoms with E-state index in [1.807, 2.05) is 41.5 Å². The van der Waals surface area contributed by atoms with E-state index in [4.69, 9.17) is 9.47 Å². The van der Waals surface area contributed by atoms with Gasteiger partial charge in [-0.3, -0.25) is 10.1 Å². The monoisotopic (exact) mass is 259 g/mol. The van der Waals surface area contributed by atoms with Gasteiger partial charge in [-0.1, -0.05) is 0 Å². The Morgan fingerprint density at radius 3 is 2.17 bits per heavy atom. The topological polar surface area (TPSA) is 47.6 Å². The molecule has 0 spiro atoms. The molecule has 1 unspecified atom stereocenters. The minimum Gasteiger partial charge on any atom is -0.468 e. The lowest BCUT2D eigenvalue weighted by atomic mass is 9.95. The predicted molar refractivity (Wildman–Crippen MR) is 73.6 cm³/mol. The maximum Gasteiger partial charge on any atom is 0.325 e. The van der Waals surface area contributed by atoms with E-state index in [1.54, 1.807) is 0 Å². The number of ether oxygens (including phenoxy) is 2. The molecule has 0 aromatic heterocycles. The Labute approximate surface area is 111 Å². The van der Waals surface area contributed by atoms with Gasteiger partial charge in [0.25, 0.3) is 0 Å². The zero-order chi connectivity index (χ0) is 14.4. The van der Waals surface area contributed by atoms with E-state index in [0.29, 0.717) is 13.0 Å². The summed E-state index contributed by atoms with van der Waals surface area (Å²) < 4.78 is 10.5. The third kappa shape index (κ3) is 6.97. The summed E-state index contributed by atoms with van der Waals surface area (Å²) in [5, 5.41) is 3.27. The predicted octanol–water partition coefficient (Wildman–Crippen LogP) is 2.51. The van der Waals surface area contributed by atoms with E-state index < -0.39 is 5.54 Å². The molecule has 0 aliphatic heterocycles. The van der Waals surface area contributed by atoms with Crippen LogP contribution in [-0.2, 0) is 14.3 Å². The highest BCUT2D eigenvalue weighted by atomic mass is 16.5. The Kier molecular flexibility index (Phi) is 6.86. The van der Waals surface area contributed by atoms with Crippen LogP contribution in [0.15, 0.2) is 0 Å². The summed E-state index contributed by atoms with van der Waals surface area (Å²) in [5.74, 6) is -0.216. The van der Waals surface area contributed by atoms with Crippen LogP contribution in [0.1, 0.15) is 54.4 Å². The van der Waals surface area contributed by atoms with E-state index in [0.717, 1.165) is 6.42 Å². The Hall–Kier alpha value is -0.610. The fourth-order valence-corrected chi connectivity index (χ4v) is 1.90. The summed E-state index contributed by atoms with van der Waals surface area (Å²) in [4.78, 5) is 11.8. The van der Waals surface area contributed by atoms with Gasteiger partial charge in [-0.15, -0.1) is 0 Å². The molecule has 1 N–H and O–H groups in total. The van der Waals surface area contributed by atoms with Crippen LogP contribution in [-0.4, -0.2) is 36.9 Å². The summed E-state index contributed by atoms with van der Waals surface area (Å²) in [5.41, 5.74) is -0.767. The molecule has 0 aliphatic carbocycles. The number of rotatable bonds is 7. The fraction of sp³-hybridized carbons (Fsp3) is 0.929. The minimum atomic E-state index is -0.635. The van der Waals surface area contributed by atoms with Gasteiger partial charge in [0, 0.05) is 12.6 Å². The molecule has 0 saturated carbocycles. The molecule has 0 bridgehead atoms. The molecule has 0 saturated heterocycles. The second-order valence-electron chi connectivity index (χ2n) is 6.19. The lowest BCUT2D eigenvalue weighted by Gasteiger charge is -2.30. The lowest BCUT2D eigenvalue weighted by Crippen LogP contribution is -2.53. The molecule has 18 heavy (non-hydrogen) atoms. The number of hydrogen-bond acceptors (Lipinski definition) is 4. The van der Waals surface area contributed by atoms with Crippen LogP contribution >= 0.6 is 0 Å². The molecule has 0 fully saturated rings. The maximum absolute atomic E-state index is 11.8. The number of esters is 1. The molecular weight excluding hydrogens is 230 g/mol. The second kappa shape index (κ2) is 7.10. The van der Waals surface area contributed by atoms with E-state index in [-0.39, 0.29) is 17.6 Å². The first-order valence-corrected chi connectivity index (χ1v) is 6.61. The van der Waals surface area contributed by atoms with Gasteiger partial charge in [0.05, 0.1) is 12.7 Å². The van der Waals surface area contributed by atoms with Crippen molar-refractivity contribution in [3.63, 3.8) is 0 Å². The fourth-order valence-electron chi connectivity index (χ4n) is 1.90. The Morgan fingerprint density at radius 1 is 1.22 bits per heavy atom. The molecule has 108 valence electrons. The standard InChI is InChI=1S/C14H29NO3/c1-11(2)15-14(6,12(16)17-7)9-8-10-18-13(3,4)5/h11,15H,8-10H2,1-7H3. The van der Waals surface area contributed by atoms with Gasteiger partial charge < -0.3 is 9.47 Å². The zero-order valence-corrected chi connectivity index (χ0v) is 12.9. The van der Waals surface area contributed by atoms with Gasteiger partial charge >= 0.3 is 5.97 Å². The highest BCUT2D eigenvalue weighted by Gasteiger charge is 2.34. The third-order valence-corrected chi connectivity index (χ3v) is 2.60. The molecule has 4 heteroatoms. The van der Waals surface area contributed by atoms with Crippen LogP contribution in [0, 0.1) is 0 Å². The van der Waals surface area contributed by atoms with E-state index in [1.165, 1.54) is 7.11 Å². The molecule has 1 atom stereocenters. The van der Waals surface area contributed by atoms with Crippen LogP contribution in [0.5, 0.6) is 0 Å². The Morgan fingerprint density at radius 2 is 1.78 bits per heavy atom. The van der Waals surface area contributed by atoms with Crippen molar-refractivity contribution in [3.8, 4) is 0 Å². The molecule has 0 aromatic carbocycles. The molecule has 0 aliphatic rings. The van der Waals surface area contributed by atoms with Crippen LogP contribution in [0.2, 0.25) is 0 Å². The van der Waals surface area contributed by atoms with Gasteiger partial charge in [-0.25, -0.2) is 0 Å². The van der Waals surface area contributed by atoms with Crippen LogP contribution in [0.3, 0.4) is 0 Å². The van der Waals surface area contributed by atoms with Crippen molar-refractivity contribution >= 4 is 5.97 Å². The molecule has 4 nitrogen and oxygen atoms in total. The minimum absolute atomic E-state index is 0.132. The van der Waals surface area contributed by atoms with Crippen molar-refractivity contribution in [2.24, 2.45) is 0 Å². The third-order valence-electron chi connectivity index (χ3n) is 2.60. The normalized spacial score (nSPS) is 15.6. The van der Waals surface area contributed by atoms with Crippen molar-refractivity contribution in [3.05, 3.63) is 0 Å². The van der Waals surface area contributed by atoms with E-state index >= 15 is 0 Å². The summed E-state index contributed by atoms with van der Waals surface area (Å²) >= 11 is 0. The summed E-state index contributed by atoms with van der Waals surface area (Å²) in [6, 6.07) is 0.234. The summed E-state index contributed by atoms with van der Waals surface area (Å²) in [6.45, 7) is 12.7. The first-order chi connectivity index (χ1) is 8.10. The SMILES string of the molecule is COC(=O)C(C)(CCCOC(C)(C)C)NC(C)C. The molecular formula is C14H29NO3. The Balaban J connectivity index is 4.30.